The second-order valence-corrected chi connectivity index (χ2v) is 16.0. The summed E-state index contributed by atoms with van der Waals surface area (Å²) in [6.45, 7) is 15.7. The van der Waals surface area contributed by atoms with Crippen molar-refractivity contribution in [2.24, 2.45) is 28.6 Å². The number of ketones is 1. The fourth-order valence-electron chi connectivity index (χ4n) is 7.56. The number of carbonyl (C=O) groups excluding carboxylic acids is 6. The number of hydrogen-bond acceptors (Lipinski definition) is 7. The van der Waals surface area contributed by atoms with Crippen molar-refractivity contribution >= 4 is 35.6 Å². The summed E-state index contributed by atoms with van der Waals surface area (Å²) in [5.41, 5.74) is 1.49. The van der Waals surface area contributed by atoms with Gasteiger partial charge in [0.2, 0.25) is 17.6 Å². The molecule has 3 aliphatic rings. The Morgan fingerprint density at radius 1 is 1.04 bits per heavy atom. The summed E-state index contributed by atoms with van der Waals surface area (Å²) in [5.74, 6) is -2.80. The first-order valence-corrected chi connectivity index (χ1v) is 17.9. The van der Waals surface area contributed by atoms with Crippen molar-refractivity contribution in [3.63, 3.8) is 0 Å². The Labute approximate surface area is 301 Å². The van der Waals surface area contributed by atoms with Crippen LogP contribution in [0.5, 0.6) is 0 Å². The van der Waals surface area contributed by atoms with E-state index in [1.807, 2.05) is 52.0 Å². The molecule has 280 valence electrons. The second-order valence-electron chi connectivity index (χ2n) is 16.0. The van der Waals surface area contributed by atoms with Gasteiger partial charge in [0, 0.05) is 27.2 Å². The minimum absolute atomic E-state index is 0.0559. The fraction of sp³-hybridized carbons (Fsp3) is 0.632. The molecule has 1 aromatic carbocycles. The van der Waals surface area contributed by atoms with Gasteiger partial charge in [0.1, 0.15) is 18.7 Å². The smallest absolute Gasteiger partial charge is 0.409 e. The summed E-state index contributed by atoms with van der Waals surface area (Å²) in [5, 5.41) is 11.2. The predicted octanol–water partition coefficient (Wildman–Crippen LogP) is 2.82. The van der Waals surface area contributed by atoms with E-state index in [1.54, 1.807) is 19.0 Å². The third kappa shape index (κ3) is 8.91. The molecule has 2 fully saturated rings. The van der Waals surface area contributed by atoms with Crippen LogP contribution in [-0.4, -0.2) is 103 Å². The monoisotopic (exact) mass is 708 g/mol. The molecule has 1 aromatic rings. The van der Waals surface area contributed by atoms with Gasteiger partial charge >= 0.3 is 12.1 Å². The summed E-state index contributed by atoms with van der Waals surface area (Å²) in [6.07, 6.45) is 2.85. The van der Waals surface area contributed by atoms with E-state index in [2.05, 4.69) is 41.7 Å². The molecule has 0 bridgehead atoms. The summed E-state index contributed by atoms with van der Waals surface area (Å²) in [4.78, 5) is 83.3. The zero-order valence-electron chi connectivity index (χ0n) is 31.3. The average Bonchev–Trinajstić information content (AvgIpc) is 3.43. The molecule has 51 heavy (non-hydrogen) atoms. The number of fused-ring (bicyclic) bond motifs is 2. The van der Waals surface area contributed by atoms with Crippen LogP contribution in [0.25, 0.3) is 0 Å². The first kappa shape index (κ1) is 39.4. The Kier molecular flexibility index (Phi) is 12.2. The molecule has 6 atom stereocenters. The van der Waals surface area contributed by atoms with Gasteiger partial charge in [-0.05, 0) is 59.0 Å². The van der Waals surface area contributed by atoms with Crippen molar-refractivity contribution in [3.8, 4) is 0 Å². The first-order chi connectivity index (χ1) is 23.9. The number of nitrogens with one attached hydrogen (secondary N) is 4. The summed E-state index contributed by atoms with van der Waals surface area (Å²) in [6, 6.07) is 3.86. The maximum atomic E-state index is 14.7. The van der Waals surface area contributed by atoms with Crippen molar-refractivity contribution in [2.45, 2.75) is 91.4 Å². The van der Waals surface area contributed by atoms with Crippen molar-refractivity contribution in [1.29, 1.82) is 0 Å². The van der Waals surface area contributed by atoms with Gasteiger partial charge in [-0.25, -0.2) is 9.59 Å². The number of likely N-dealkylation sites (tertiary alicyclic amines) is 1. The third-order valence-corrected chi connectivity index (χ3v) is 10.8. The summed E-state index contributed by atoms with van der Waals surface area (Å²) in [7, 11) is 3.15. The molecule has 13 nitrogen and oxygen atoms in total. The lowest BCUT2D eigenvalue weighted by molar-refractivity contribution is -0.144. The Hall–Kier alpha value is -4.42. The Morgan fingerprint density at radius 3 is 2.22 bits per heavy atom. The molecule has 1 saturated carbocycles. The molecule has 1 heterocycles. The number of carbonyl (C=O) groups is 6. The molecule has 0 spiro atoms. The van der Waals surface area contributed by atoms with E-state index in [-0.39, 0.29) is 48.6 Å². The lowest BCUT2D eigenvalue weighted by Crippen LogP contribution is -2.61. The Balaban J connectivity index is 1.59. The Morgan fingerprint density at radius 2 is 1.67 bits per heavy atom. The van der Waals surface area contributed by atoms with Crippen molar-refractivity contribution in [2.75, 3.05) is 33.8 Å². The number of urea groups is 1. The van der Waals surface area contributed by atoms with E-state index < -0.39 is 59.3 Å². The van der Waals surface area contributed by atoms with E-state index in [4.69, 9.17) is 4.74 Å². The molecule has 6 amide bonds. The van der Waals surface area contributed by atoms with Crippen molar-refractivity contribution < 1.29 is 33.5 Å². The largest absolute Gasteiger partial charge is 0.447 e. The normalized spacial score (nSPS) is 22.0. The van der Waals surface area contributed by atoms with Gasteiger partial charge in [-0.15, -0.1) is 6.58 Å². The highest BCUT2D eigenvalue weighted by Gasteiger charge is 2.69. The maximum Gasteiger partial charge on any atom is 0.409 e. The lowest BCUT2D eigenvalue weighted by Gasteiger charge is -2.36. The van der Waals surface area contributed by atoms with Gasteiger partial charge in [-0.2, -0.15) is 0 Å². The molecule has 4 N–H and O–H groups in total. The van der Waals surface area contributed by atoms with Gasteiger partial charge in [-0.3, -0.25) is 19.2 Å². The number of benzene rings is 1. The van der Waals surface area contributed by atoms with Crippen LogP contribution in [0.15, 0.2) is 36.9 Å². The fourth-order valence-corrected chi connectivity index (χ4v) is 7.56. The Bertz CT molecular complexity index is 1490. The van der Waals surface area contributed by atoms with Gasteiger partial charge in [0.15, 0.2) is 0 Å². The SMILES string of the molecule is C=CCNC(=O)C(=O)C(CCC)NC(=O)[C@@H]1[C@@H]2[C@H](CN1C(=O)[C@@H](NC(=O)N[C@H](COC(=O)N(C)C)C(C)(C)C)C1Cc3ccccc3C1)C2(C)C. The molecule has 2 aliphatic carbocycles. The maximum absolute atomic E-state index is 14.7. The van der Waals surface area contributed by atoms with Crippen LogP contribution in [0.2, 0.25) is 0 Å². The van der Waals surface area contributed by atoms with Crippen LogP contribution in [0.3, 0.4) is 0 Å². The number of rotatable bonds is 14. The van der Waals surface area contributed by atoms with E-state index in [1.165, 1.54) is 11.0 Å². The van der Waals surface area contributed by atoms with Gasteiger partial charge in [0.25, 0.3) is 5.91 Å². The van der Waals surface area contributed by atoms with Crippen LogP contribution in [0.1, 0.15) is 65.5 Å². The molecular formula is C38H56N6O7. The van der Waals surface area contributed by atoms with E-state index in [0.29, 0.717) is 25.8 Å². The van der Waals surface area contributed by atoms with E-state index in [0.717, 1.165) is 11.1 Å². The van der Waals surface area contributed by atoms with Gasteiger partial charge < -0.3 is 35.8 Å². The van der Waals surface area contributed by atoms with Crippen molar-refractivity contribution in [1.82, 2.24) is 31.1 Å². The number of hydrogen-bond donors (Lipinski definition) is 4. The molecule has 0 radical (unpaired) electrons. The predicted molar refractivity (Wildman–Crippen MR) is 192 cm³/mol. The molecule has 13 heteroatoms. The molecule has 4 rings (SSSR count). The molecule has 1 aliphatic heterocycles. The van der Waals surface area contributed by atoms with Gasteiger partial charge in [0.05, 0.1) is 12.1 Å². The third-order valence-electron chi connectivity index (χ3n) is 10.8. The molecule has 1 saturated heterocycles. The summed E-state index contributed by atoms with van der Waals surface area (Å²) >= 11 is 0. The number of piperidine rings is 1. The lowest BCUT2D eigenvalue weighted by atomic mass is 9.87. The number of amides is 6. The highest BCUT2D eigenvalue weighted by molar-refractivity contribution is 6.38. The van der Waals surface area contributed by atoms with Crippen LogP contribution in [0.4, 0.5) is 9.59 Å². The first-order valence-electron chi connectivity index (χ1n) is 17.9. The number of nitrogens with zero attached hydrogens (tertiary/aromatic N) is 2. The van der Waals surface area contributed by atoms with E-state index in [9.17, 15) is 28.8 Å². The molecular weight excluding hydrogens is 652 g/mol. The average molecular weight is 709 g/mol. The quantitative estimate of drug-likeness (QED) is 0.170. The van der Waals surface area contributed by atoms with Gasteiger partial charge in [-0.1, -0.05) is 78.3 Å². The highest BCUT2D eigenvalue weighted by atomic mass is 16.6. The zero-order valence-corrected chi connectivity index (χ0v) is 31.3. The zero-order chi connectivity index (χ0) is 37.8. The van der Waals surface area contributed by atoms with Crippen molar-refractivity contribution in [3.05, 3.63) is 48.0 Å². The second kappa shape index (κ2) is 15.9. The summed E-state index contributed by atoms with van der Waals surface area (Å²) < 4.78 is 5.42. The number of ether oxygens (including phenoxy) is 1. The molecule has 0 aromatic heterocycles. The van der Waals surface area contributed by atoms with Crippen LogP contribution >= 0.6 is 0 Å². The van der Waals surface area contributed by atoms with Crippen LogP contribution in [0, 0.1) is 28.6 Å². The minimum Gasteiger partial charge on any atom is -0.447 e. The number of Topliss-reactive ketones (excluding diaryl/α,β-unsaturated/α-hetero) is 1. The molecule has 1 unspecified atom stereocenters. The van der Waals surface area contributed by atoms with E-state index >= 15 is 0 Å². The highest BCUT2D eigenvalue weighted by Crippen LogP contribution is 2.65. The standard InChI is InChI=1S/C38H56N6O7/c1-10-14-26(31(45)33(47)39-17-11-2)40-32(46)30-28-25(38(28,6)7)20-44(30)34(48)29(24-18-22-15-12-13-16-23(22)19-24)42-35(49)41-27(37(3,4)5)21-51-36(50)43(8)9/h11-13,15-16,24-30H,2,10,14,17-21H2,1,3-9H3,(H,39,47)(H,40,46)(H2,41,42,49)/t25-,26?,27+,28-,29-,30-/m0/s1. The minimum atomic E-state index is -1.05. The van der Waals surface area contributed by atoms with Crippen LogP contribution < -0.4 is 21.3 Å². The van der Waals surface area contributed by atoms with Crippen LogP contribution in [-0.2, 0) is 36.8 Å². The topological polar surface area (TPSA) is 166 Å².